The van der Waals surface area contributed by atoms with Crippen LogP contribution in [0.25, 0.3) is 0 Å². The van der Waals surface area contributed by atoms with Gasteiger partial charge in [-0.25, -0.2) is 0 Å². The van der Waals surface area contributed by atoms with Crippen LogP contribution >= 0.6 is 11.8 Å². The van der Waals surface area contributed by atoms with Gasteiger partial charge in [0, 0.05) is 0 Å². The van der Waals surface area contributed by atoms with E-state index in [2.05, 4.69) is 37.4 Å². The Morgan fingerprint density at radius 1 is 1.33 bits per heavy atom. The fourth-order valence-corrected chi connectivity index (χ4v) is 4.24. The van der Waals surface area contributed by atoms with Gasteiger partial charge in [-0.1, -0.05) is 0 Å². The summed E-state index contributed by atoms with van der Waals surface area (Å²) in [4.78, 5) is 0. The Morgan fingerprint density at radius 2 is 2.08 bits per heavy atom. The summed E-state index contributed by atoms with van der Waals surface area (Å²) in [5.41, 5.74) is 1.56. The number of benzene rings is 1. The van der Waals surface area contributed by atoms with Gasteiger partial charge in [0.1, 0.15) is 0 Å². The molecule has 0 atom stereocenters. The summed E-state index contributed by atoms with van der Waals surface area (Å²) in [5, 5.41) is 0. The summed E-state index contributed by atoms with van der Waals surface area (Å²) in [5.74, 6) is 1.18. The summed E-state index contributed by atoms with van der Waals surface area (Å²) in [7, 11) is 0. The molecule has 0 heterocycles. The van der Waals surface area contributed by atoms with Gasteiger partial charge >= 0.3 is 89.5 Å². The van der Waals surface area contributed by atoms with E-state index in [0.29, 0.717) is 0 Å². The van der Waals surface area contributed by atoms with Crippen molar-refractivity contribution in [2.45, 2.75) is 17.1 Å². The standard InChI is InChI=1S/C10H14STe/c1-3-12-10-7-5-4-6-9(10)8-11-2/h4-7H,3,8H2,1-2H3. The second-order valence-corrected chi connectivity index (χ2v) is 7.07. The minimum absolute atomic E-state index is 0.112. The molecule has 1 aromatic rings. The molecule has 0 nitrogen and oxygen atoms in total. The summed E-state index contributed by atoms with van der Waals surface area (Å²) >= 11 is 2.03. The Hall–Kier alpha value is 0.360. The summed E-state index contributed by atoms with van der Waals surface area (Å²) in [6.45, 7) is 2.29. The molecular weight excluding hydrogens is 280 g/mol. The van der Waals surface area contributed by atoms with E-state index in [-0.39, 0.29) is 20.9 Å². The zero-order chi connectivity index (χ0) is 8.81. The average molecular weight is 294 g/mol. The first-order valence-corrected chi connectivity index (χ1v) is 8.28. The Labute approximate surface area is 89.2 Å². The van der Waals surface area contributed by atoms with Crippen LogP contribution in [0.4, 0.5) is 0 Å². The predicted molar refractivity (Wildman–Crippen MR) is 59.5 cm³/mol. The number of rotatable bonds is 4. The Balaban J connectivity index is 2.77. The van der Waals surface area contributed by atoms with E-state index in [4.69, 9.17) is 0 Å². The van der Waals surface area contributed by atoms with Crippen LogP contribution in [-0.4, -0.2) is 27.2 Å². The van der Waals surface area contributed by atoms with Crippen molar-refractivity contribution in [2.75, 3.05) is 6.26 Å². The molecule has 12 heavy (non-hydrogen) atoms. The van der Waals surface area contributed by atoms with E-state index in [0.717, 1.165) is 0 Å². The van der Waals surface area contributed by atoms with Crippen molar-refractivity contribution in [2.24, 2.45) is 0 Å². The normalized spacial score (nSPS) is 10.2. The quantitative estimate of drug-likeness (QED) is 0.768. The third kappa shape index (κ3) is 3.01. The molecule has 0 unspecified atom stereocenters. The molecule has 0 spiro atoms. The minimum atomic E-state index is 0.112. The van der Waals surface area contributed by atoms with Crippen molar-refractivity contribution in [1.82, 2.24) is 0 Å². The van der Waals surface area contributed by atoms with E-state index in [1.807, 2.05) is 11.8 Å². The molecule has 0 saturated heterocycles. The van der Waals surface area contributed by atoms with E-state index in [1.54, 1.807) is 9.17 Å². The van der Waals surface area contributed by atoms with Crippen LogP contribution in [-0.2, 0) is 5.75 Å². The van der Waals surface area contributed by atoms with Gasteiger partial charge in [0.2, 0.25) is 0 Å². The Kier molecular flexibility index (Phi) is 5.14. The molecule has 1 rings (SSSR count). The number of hydrogen-bond donors (Lipinski definition) is 0. The number of thioether (sulfide) groups is 1. The third-order valence-corrected chi connectivity index (χ3v) is 5.02. The van der Waals surface area contributed by atoms with Gasteiger partial charge in [-0.15, -0.1) is 0 Å². The van der Waals surface area contributed by atoms with E-state index >= 15 is 0 Å². The van der Waals surface area contributed by atoms with E-state index in [9.17, 15) is 0 Å². The molecule has 2 heteroatoms. The van der Waals surface area contributed by atoms with E-state index < -0.39 is 0 Å². The van der Waals surface area contributed by atoms with Crippen LogP contribution in [0.2, 0.25) is 4.47 Å². The molecule has 0 aliphatic carbocycles. The summed E-state index contributed by atoms with van der Waals surface area (Å²) in [6.07, 6.45) is 2.17. The molecule has 0 saturated carbocycles. The van der Waals surface area contributed by atoms with Crippen molar-refractivity contribution in [3.8, 4) is 0 Å². The van der Waals surface area contributed by atoms with Gasteiger partial charge in [-0.2, -0.15) is 0 Å². The maximum absolute atomic E-state index is 2.30. The first kappa shape index (κ1) is 10.4. The monoisotopic (exact) mass is 296 g/mol. The fraction of sp³-hybridized carbons (Fsp3) is 0.400. The SMILES string of the molecule is CC[Te]c1ccccc1CSC. The van der Waals surface area contributed by atoms with Gasteiger partial charge in [0.05, 0.1) is 0 Å². The predicted octanol–water partition coefficient (Wildman–Crippen LogP) is 2.32. The van der Waals surface area contributed by atoms with Gasteiger partial charge in [-0.3, -0.25) is 0 Å². The first-order valence-electron chi connectivity index (χ1n) is 4.08. The maximum atomic E-state index is 2.30. The topological polar surface area (TPSA) is 0 Å². The molecule has 0 radical (unpaired) electrons. The third-order valence-electron chi connectivity index (χ3n) is 1.57. The molecule has 0 bridgehead atoms. The van der Waals surface area contributed by atoms with Gasteiger partial charge < -0.3 is 0 Å². The molecule has 0 aliphatic heterocycles. The fourth-order valence-electron chi connectivity index (χ4n) is 1.07. The van der Waals surface area contributed by atoms with Crippen LogP contribution in [0.3, 0.4) is 0 Å². The van der Waals surface area contributed by atoms with Crippen LogP contribution in [0.5, 0.6) is 0 Å². The molecule has 66 valence electrons. The van der Waals surface area contributed by atoms with Gasteiger partial charge in [0.15, 0.2) is 0 Å². The molecule has 0 fully saturated rings. The molecule has 0 aromatic heterocycles. The first-order chi connectivity index (χ1) is 5.88. The van der Waals surface area contributed by atoms with Crippen molar-refractivity contribution < 1.29 is 0 Å². The van der Waals surface area contributed by atoms with Crippen LogP contribution in [0.15, 0.2) is 24.3 Å². The molecule has 0 amide bonds. The Morgan fingerprint density at radius 3 is 2.75 bits per heavy atom. The van der Waals surface area contributed by atoms with E-state index in [1.165, 1.54) is 10.2 Å². The van der Waals surface area contributed by atoms with Crippen molar-refractivity contribution in [1.29, 1.82) is 0 Å². The summed E-state index contributed by atoms with van der Waals surface area (Å²) < 4.78 is 3.02. The Bertz CT molecular complexity index is 210. The second kappa shape index (κ2) is 5.91. The van der Waals surface area contributed by atoms with Crippen LogP contribution in [0, 0.1) is 0 Å². The van der Waals surface area contributed by atoms with Crippen LogP contribution < -0.4 is 3.61 Å². The van der Waals surface area contributed by atoms with Gasteiger partial charge in [-0.05, 0) is 0 Å². The van der Waals surface area contributed by atoms with Crippen LogP contribution in [0.1, 0.15) is 12.5 Å². The average Bonchev–Trinajstić information content (AvgIpc) is 2.09. The molecular formula is C10H14STe. The molecule has 1 aromatic carbocycles. The van der Waals surface area contributed by atoms with Crippen molar-refractivity contribution in [3.63, 3.8) is 0 Å². The van der Waals surface area contributed by atoms with Crippen molar-refractivity contribution >= 4 is 36.3 Å². The second-order valence-electron chi connectivity index (χ2n) is 2.47. The number of hydrogen-bond acceptors (Lipinski definition) is 1. The summed E-state index contributed by atoms with van der Waals surface area (Å²) in [6, 6.07) is 8.89. The zero-order valence-electron chi connectivity index (χ0n) is 7.54. The van der Waals surface area contributed by atoms with Gasteiger partial charge in [0.25, 0.3) is 0 Å². The van der Waals surface area contributed by atoms with Crippen molar-refractivity contribution in [3.05, 3.63) is 29.8 Å². The zero-order valence-corrected chi connectivity index (χ0v) is 10.7. The molecule has 0 N–H and O–H groups in total. The molecule has 0 aliphatic rings.